The van der Waals surface area contributed by atoms with Gasteiger partial charge in [-0.1, -0.05) is 0 Å². The number of hydrogen-bond donors (Lipinski definition) is 0. The smallest absolute Gasteiger partial charge is 0.320 e. The van der Waals surface area contributed by atoms with Crippen LogP contribution in [-0.2, 0) is 9.53 Å². The molecule has 0 radical (unpaired) electrons. The number of nitriles is 1. The molecule has 0 aromatic rings. The Morgan fingerprint density at radius 3 is 2.65 bits per heavy atom. The van der Waals surface area contributed by atoms with Crippen molar-refractivity contribution in [3.8, 4) is 6.07 Å². The van der Waals surface area contributed by atoms with Crippen molar-refractivity contribution < 1.29 is 9.53 Å². The molecule has 0 aromatic carbocycles. The topological polar surface area (TPSA) is 53.3 Å². The van der Waals surface area contributed by atoms with Crippen LogP contribution in [0.15, 0.2) is 0 Å². The predicted molar refractivity (Wildman–Crippen MR) is 65.2 cm³/mol. The third-order valence-electron chi connectivity index (χ3n) is 3.03. The Morgan fingerprint density at radius 1 is 1.53 bits per heavy atom. The molecule has 1 fully saturated rings. The summed E-state index contributed by atoms with van der Waals surface area (Å²) in [6, 6.07) is 2.81. The van der Waals surface area contributed by atoms with Gasteiger partial charge in [0.15, 0.2) is 0 Å². The van der Waals surface area contributed by atoms with Gasteiger partial charge in [-0.3, -0.25) is 9.69 Å². The van der Waals surface area contributed by atoms with Crippen LogP contribution < -0.4 is 0 Å². The van der Waals surface area contributed by atoms with Crippen LogP contribution in [0.2, 0.25) is 0 Å². The van der Waals surface area contributed by atoms with E-state index in [0.717, 1.165) is 25.8 Å². The van der Waals surface area contributed by atoms with Gasteiger partial charge in [-0.15, -0.1) is 0 Å². The highest BCUT2D eigenvalue weighted by atomic mass is 16.5. The first-order chi connectivity index (χ1) is 7.98. The molecule has 0 saturated heterocycles. The van der Waals surface area contributed by atoms with Gasteiger partial charge in [0, 0.05) is 12.6 Å². The van der Waals surface area contributed by atoms with E-state index in [9.17, 15) is 4.79 Å². The van der Waals surface area contributed by atoms with Crippen molar-refractivity contribution in [1.82, 2.24) is 4.90 Å². The molecule has 0 unspecified atom stereocenters. The molecule has 1 aliphatic carbocycles. The average molecular weight is 238 g/mol. The Hall–Kier alpha value is -1.08. The molecular formula is C13H22N2O2. The lowest BCUT2D eigenvalue weighted by Gasteiger charge is -2.24. The quantitative estimate of drug-likeness (QED) is 0.636. The van der Waals surface area contributed by atoms with Crippen LogP contribution in [0, 0.1) is 16.7 Å². The lowest BCUT2D eigenvalue weighted by molar-refractivity contribution is -0.144. The number of ether oxygens (including phenoxy) is 1. The second-order valence-electron chi connectivity index (χ2n) is 5.25. The van der Waals surface area contributed by atoms with Gasteiger partial charge >= 0.3 is 5.97 Å². The van der Waals surface area contributed by atoms with Crippen LogP contribution in [0.3, 0.4) is 0 Å². The predicted octanol–water partition coefficient (Wildman–Crippen LogP) is 1.95. The van der Waals surface area contributed by atoms with Gasteiger partial charge in [-0.2, -0.15) is 5.26 Å². The summed E-state index contributed by atoms with van der Waals surface area (Å²) in [7, 11) is 0. The molecule has 0 atom stereocenters. The van der Waals surface area contributed by atoms with E-state index in [1.807, 2.05) is 20.8 Å². The van der Waals surface area contributed by atoms with E-state index >= 15 is 0 Å². The number of carbonyl (C=O) groups is 1. The fraction of sp³-hybridized carbons (Fsp3) is 0.846. The molecule has 1 rings (SSSR count). The number of nitrogens with zero attached hydrogens (tertiary/aromatic N) is 2. The van der Waals surface area contributed by atoms with Gasteiger partial charge in [0.2, 0.25) is 0 Å². The first-order valence-electron chi connectivity index (χ1n) is 6.29. The summed E-state index contributed by atoms with van der Waals surface area (Å²) in [5.74, 6) is -0.158. The van der Waals surface area contributed by atoms with Gasteiger partial charge in [0.25, 0.3) is 0 Å². The SMILES string of the molecule is CCOC(=O)CN(CCC(C)(C)C#N)C1CC1. The normalized spacial score (nSPS) is 15.7. The highest BCUT2D eigenvalue weighted by Crippen LogP contribution is 2.28. The molecule has 4 heteroatoms. The van der Waals surface area contributed by atoms with Gasteiger partial charge < -0.3 is 4.74 Å². The van der Waals surface area contributed by atoms with Crippen LogP contribution in [0.4, 0.5) is 0 Å². The summed E-state index contributed by atoms with van der Waals surface area (Å²) in [6.07, 6.45) is 3.11. The Balaban J connectivity index is 2.39. The molecule has 0 bridgehead atoms. The maximum Gasteiger partial charge on any atom is 0.320 e. The van der Waals surface area contributed by atoms with Gasteiger partial charge in [0.1, 0.15) is 0 Å². The summed E-state index contributed by atoms with van der Waals surface area (Å²) in [5, 5.41) is 8.97. The minimum absolute atomic E-state index is 0.158. The number of esters is 1. The molecule has 0 aromatic heterocycles. The molecular weight excluding hydrogens is 216 g/mol. The van der Waals surface area contributed by atoms with Crippen molar-refractivity contribution in [1.29, 1.82) is 5.26 Å². The van der Waals surface area contributed by atoms with Crippen molar-refractivity contribution in [2.75, 3.05) is 19.7 Å². The maximum atomic E-state index is 11.5. The summed E-state index contributed by atoms with van der Waals surface area (Å²) in [5.41, 5.74) is -0.318. The summed E-state index contributed by atoms with van der Waals surface area (Å²) >= 11 is 0. The molecule has 4 nitrogen and oxygen atoms in total. The minimum atomic E-state index is -0.318. The minimum Gasteiger partial charge on any atom is -0.465 e. The van der Waals surface area contributed by atoms with Crippen LogP contribution in [0.1, 0.15) is 40.0 Å². The van der Waals surface area contributed by atoms with Crippen LogP contribution in [0.5, 0.6) is 0 Å². The molecule has 1 saturated carbocycles. The second kappa shape index (κ2) is 6.02. The molecule has 0 heterocycles. The molecule has 96 valence electrons. The third kappa shape index (κ3) is 5.18. The Morgan fingerprint density at radius 2 is 2.18 bits per heavy atom. The Labute approximate surface area is 104 Å². The maximum absolute atomic E-state index is 11.5. The van der Waals surface area contributed by atoms with Crippen molar-refractivity contribution in [2.45, 2.75) is 46.1 Å². The molecule has 1 aliphatic rings. The third-order valence-corrected chi connectivity index (χ3v) is 3.03. The highest BCUT2D eigenvalue weighted by Gasteiger charge is 2.31. The van der Waals surface area contributed by atoms with Crippen LogP contribution >= 0.6 is 0 Å². The summed E-state index contributed by atoms with van der Waals surface area (Å²) in [6.45, 7) is 7.27. The van der Waals surface area contributed by atoms with E-state index < -0.39 is 0 Å². The lowest BCUT2D eigenvalue weighted by Crippen LogP contribution is -2.35. The monoisotopic (exact) mass is 238 g/mol. The molecule has 17 heavy (non-hydrogen) atoms. The summed E-state index contributed by atoms with van der Waals surface area (Å²) < 4.78 is 4.96. The Bertz CT molecular complexity index is 303. The zero-order valence-electron chi connectivity index (χ0n) is 11.0. The van der Waals surface area contributed by atoms with Crippen molar-refractivity contribution in [3.05, 3.63) is 0 Å². The van der Waals surface area contributed by atoms with Gasteiger partial charge in [-0.25, -0.2) is 0 Å². The van der Waals surface area contributed by atoms with Crippen molar-refractivity contribution in [3.63, 3.8) is 0 Å². The number of carbonyl (C=O) groups excluding carboxylic acids is 1. The fourth-order valence-corrected chi connectivity index (χ4v) is 1.68. The van der Waals surface area contributed by atoms with E-state index in [-0.39, 0.29) is 11.4 Å². The molecule has 0 amide bonds. The van der Waals surface area contributed by atoms with Crippen LogP contribution in [-0.4, -0.2) is 36.6 Å². The zero-order chi connectivity index (χ0) is 12.9. The highest BCUT2D eigenvalue weighted by molar-refractivity contribution is 5.71. The average Bonchev–Trinajstić information content (AvgIpc) is 3.08. The van der Waals surface area contributed by atoms with E-state index in [2.05, 4.69) is 11.0 Å². The van der Waals surface area contributed by atoms with Crippen molar-refractivity contribution >= 4 is 5.97 Å². The van der Waals surface area contributed by atoms with Gasteiger partial charge in [0.05, 0.1) is 24.6 Å². The van der Waals surface area contributed by atoms with Gasteiger partial charge in [-0.05, 0) is 40.0 Å². The Kier molecular flexibility index (Phi) is 4.95. The van der Waals surface area contributed by atoms with E-state index in [1.165, 1.54) is 0 Å². The van der Waals surface area contributed by atoms with E-state index in [4.69, 9.17) is 10.00 Å². The lowest BCUT2D eigenvalue weighted by atomic mass is 9.91. The van der Waals surface area contributed by atoms with E-state index in [0.29, 0.717) is 19.2 Å². The van der Waals surface area contributed by atoms with E-state index in [1.54, 1.807) is 0 Å². The van der Waals surface area contributed by atoms with Crippen LogP contribution in [0.25, 0.3) is 0 Å². The number of hydrogen-bond acceptors (Lipinski definition) is 4. The summed E-state index contributed by atoms with van der Waals surface area (Å²) in [4.78, 5) is 13.6. The molecule has 0 N–H and O–H groups in total. The first-order valence-corrected chi connectivity index (χ1v) is 6.29. The molecule has 0 spiro atoms. The number of rotatable bonds is 7. The zero-order valence-corrected chi connectivity index (χ0v) is 11.0. The first kappa shape index (κ1) is 14.0. The molecule has 0 aliphatic heterocycles. The fourth-order valence-electron chi connectivity index (χ4n) is 1.68. The standard InChI is InChI=1S/C13H22N2O2/c1-4-17-12(16)9-15(11-5-6-11)8-7-13(2,3)10-14/h11H,4-9H2,1-3H3. The largest absolute Gasteiger partial charge is 0.465 e. The second-order valence-corrected chi connectivity index (χ2v) is 5.25. The van der Waals surface area contributed by atoms with Crippen molar-refractivity contribution in [2.24, 2.45) is 5.41 Å².